The van der Waals surface area contributed by atoms with E-state index in [1.54, 1.807) is 13.0 Å². The van der Waals surface area contributed by atoms with Gasteiger partial charge in [-0.3, -0.25) is 4.79 Å². The summed E-state index contributed by atoms with van der Waals surface area (Å²) in [5.74, 6) is 0.623. The Hall–Kier alpha value is -2.92. The van der Waals surface area contributed by atoms with Crippen molar-refractivity contribution < 1.29 is 14.2 Å². The Balaban J connectivity index is 1.51. The molecule has 2 aromatic carbocycles. The molecular formula is C22H24N3O2+. The second-order valence-electron chi connectivity index (χ2n) is 7.03. The summed E-state index contributed by atoms with van der Waals surface area (Å²) >= 11 is 0. The van der Waals surface area contributed by atoms with Crippen molar-refractivity contribution in [3.8, 4) is 0 Å². The number of hydrogen-bond acceptors (Lipinski definition) is 3. The summed E-state index contributed by atoms with van der Waals surface area (Å²) in [7, 11) is 0. The van der Waals surface area contributed by atoms with Crippen LogP contribution in [0.3, 0.4) is 0 Å². The molecule has 0 radical (unpaired) electrons. The summed E-state index contributed by atoms with van der Waals surface area (Å²) < 4.78 is 5.05. The van der Waals surface area contributed by atoms with E-state index >= 15 is 0 Å². The predicted octanol–water partition coefficient (Wildman–Crippen LogP) is 2.11. The van der Waals surface area contributed by atoms with Gasteiger partial charge in [0.05, 0.1) is 26.2 Å². The highest BCUT2D eigenvalue weighted by Gasteiger charge is 2.32. The van der Waals surface area contributed by atoms with Gasteiger partial charge in [0, 0.05) is 17.2 Å². The maximum absolute atomic E-state index is 12.6. The minimum Gasteiger partial charge on any atom is -0.361 e. The second-order valence-corrected chi connectivity index (χ2v) is 7.03. The topological polar surface area (TPSA) is 50.8 Å². The van der Waals surface area contributed by atoms with Crippen molar-refractivity contribution in [3.63, 3.8) is 0 Å². The van der Waals surface area contributed by atoms with Crippen LogP contribution >= 0.6 is 0 Å². The first kappa shape index (κ1) is 17.5. The summed E-state index contributed by atoms with van der Waals surface area (Å²) in [6.45, 7) is 5.04. The summed E-state index contributed by atoms with van der Waals surface area (Å²) in [6.07, 6.45) is 0. The maximum Gasteiger partial charge on any atom is 0.276 e. The fourth-order valence-corrected chi connectivity index (χ4v) is 3.87. The molecule has 1 saturated heterocycles. The molecule has 1 amide bonds. The molecule has 1 aromatic heterocycles. The molecule has 0 unspecified atom stereocenters. The smallest absolute Gasteiger partial charge is 0.276 e. The van der Waals surface area contributed by atoms with Crippen LogP contribution in [-0.2, 0) is 0 Å². The molecule has 1 N–H and O–H groups in total. The minimum atomic E-state index is -0.0399. The maximum atomic E-state index is 12.6. The molecule has 2 heterocycles. The summed E-state index contributed by atoms with van der Waals surface area (Å²) in [5, 5.41) is 3.87. The van der Waals surface area contributed by atoms with Crippen LogP contribution in [0.25, 0.3) is 0 Å². The first-order valence-corrected chi connectivity index (χ1v) is 9.39. The van der Waals surface area contributed by atoms with Crippen molar-refractivity contribution in [2.45, 2.75) is 13.0 Å². The van der Waals surface area contributed by atoms with Gasteiger partial charge in [-0.15, -0.1) is 0 Å². The standard InChI is InChI=1S/C22H23N3O2/c1-17-16-20(23-27-17)22(26)25-14-12-24(13-15-25)21(18-8-4-2-5-9-18)19-10-6-3-7-11-19/h2-11,16,21H,12-15H2,1H3/p+1. The molecule has 4 rings (SSSR count). The van der Waals surface area contributed by atoms with Gasteiger partial charge in [-0.1, -0.05) is 65.8 Å². The van der Waals surface area contributed by atoms with E-state index in [9.17, 15) is 4.79 Å². The zero-order valence-electron chi connectivity index (χ0n) is 15.5. The van der Waals surface area contributed by atoms with Gasteiger partial charge in [0.2, 0.25) is 0 Å². The Kier molecular flexibility index (Phi) is 5.03. The summed E-state index contributed by atoms with van der Waals surface area (Å²) in [5.41, 5.74) is 3.02. The largest absolute Gasteiger partial charge is 0.361 e. The highest BCUT2D eigenvalue weighted by Crippen LogP contribution is 2.19. The van der Waals surface area contributed by atoms with E-state index in [0.29, 0.717) is 11.5 Å². The van der Waals surface area contributed by atoms with Crippen molar-refractivity contribution in [3.05, 3.63) is 89.3 Å². The fraction of sp³-hybridized carbons (Fsp3) is 0.273. The molecule has 3 aromatic rings. The number of nitrogens with one attached hydrogen (secondary N) is 1. The van der Waals surface area contributed by atoms with Crippen LogP contribution in [0.15, 0.2) is 71.3 Å². The number of piperazine rings is 1. The molecule has 5 nitrogen and oxygen atoms in total. The SMILES string of the molecule is Cc1cc(C(=O)N2CC[NH+](C(c3ccccc3)c3ccccc3)CC2)no1. The monoisotopic (exact) mass is 362 g/mol. The first-order valence-electron chi connectivity index (χ1n) is 9.39. The van der Waals surface area contributed by atoms with Crippen molar-refractivity contribution in [2.75, 3.05) is 26.2 Å². The van der Waals surface area contributed by atoms with E-state index in [1.165, 1.54) is 16.0 Å². The molecule has 0 saturated carbocycles. The van der Waals surface area contributed by atoms with Crippen LogP contribution in [0.2, 0.25) is 0 Å². The van der Waals surface area contributed by atoms with Crippen LogP contribution in [0.5, 0.6) is 0 Å². The van der Waals surface area contributed by atoms with Crippen molar-refractivity contribution in [2.24, 2.45) is 0 Å². The number of carbonyl (C=O) groups is 1. The number of nitrogens with zero attached hydrogens (tertiary/aromatic N) is 2. The van der Waals surface area contributed by atoms with Crippen LogP contribution in [0.4, 0.5) is 0 Å². The van der Waals surface area contributed by atoms with Gasteiger partial charge in [-0.2, -0.15) is 0 Å². The fourth-order valence-electron chi connectivity index (χ4n) is 3.87. The second kappa shape index (κ2) is 7.76. The molecule has 0 atom stereocenters. The van der Waals surface area contributed by atoms with E-state index in [1.807, 2.05) is 4.90 Å². The lowest BCUT2D eigenvalue weighted by Gasteiger charge is -2.36. The lowest BCUT2D eigenvalue weighted by Crippen LogP contribution is -3.15. The van der Waals surface area contributed by atoms with Gasteiger partial charge in [0.1, 0.15) is 11.8 Å². The number of aryl methyl sites for hydroxylation is 1. The molecule has 0 aliphatic carbocycles. The van der Waals surface area contributed by atoms with E-state index in [2.05, 4.69) is 65.8 Å². The highest BCUT2D eigenvalue weighted by atomic mass is 16.5. The molecule has 1 aliphatic rings. The Morgan fingerprint density at radius 1 is 1.00 bits per heavy atom. The number of quaternary nitrogens is 1. The molecule has 5 heteroatoms. The van der Waals surface area contributed by atoms with E-state index < -0.39 is 0 Å². The van der Waals surface area contributed by atoms with Gasteiger partial charge in [0.25, 0.3) is 5.91 Å². The molecule has 0 spiro atoms. The van der Waals surface area contributed by atoms with Gasteiger partial charge in [-0.25, -0.2) is 0 Å². The molecule has 138 valence electrons. The normalized spacial score (nSPS) is 15.3. The molecule has 0 bridgehead atoms. The van der Waals surface area contributed by atoms with Crippen molar-refractivity contribution >= 4 is 5.91 Å². The van der Waals surface area contributed by atoms with Gasteiger partial charge < -0.3 is 14.3 Å². The minimum absolute atomic E-state index is 0.0399. The van der Waals surface area contributed by atoms with E-state index in [4.69, 9.17) is 4.52 Å². The third-order valence-corrected chi connectivity index (χ3v) is 5.21. The van der Waals surface area contributed by atoms with Gasteiger partial charge in [-0.05, 0) is 6.92 Å². The Labute approximate surface area is 159 Å². The van der Waals surface area contributed by atoms with Crippen molar-refractivity contribution in [1.29, 1.82) is 0 Å². The number of amides is 1. The number of benzene rings is 2. The molecule has 1 fully saturated rings. The lowest BCUT2D eigenvalue weighted by molar-refractivity contribution is -0.929. The Morgan fingerprint density at radius 3 is 2.04 bits per heavy atom. The zero-order chi connectivity index (χ0) is 18.6. The average Bonchev–Trinajstić information content (AvgIpc) is 3.16. The van der Waals surface area contributed by atoms with Crippen molar-refractivity contribution in [1.82, 2.24) is 10.1 Å². The first-order chi connectivity index (χ1) is 13.2. The van der Waals surface area contributed by atoms with Crippen LogP contribution < -0.4 is 4.90 Å². The van der Waals surface area contributed by atoms with Crippen LogP contribution in [0.1, 0.15) is 33.4 Å². The Bertz CT molecular complexity index is 845. The van der Waals surface area contributed by atoms with Crippen LogP contribution in [0, 0.1) is 6.92 Å². The predicted molar refractivity (Wildman–Crippen MR) is 103 cm³/mol. The summed E-state index contributed by atoms with van der Waals surface area (Å²) in [4.78, 5) is 16.0. The third-order valence-electron chi connectivity index (χ3n) is 5.21. The Morgan fingerprint density at radius 2 is 1.56 bits per heavy atom. The summed E-state index contributed by atoms with van der Waals surface area (Å²) in [6, 6.07) is 23.2. The molecule has 1 aliphatic heterocycles. The lowest BCUT2D eigenvalue weighted by atomic mass is 9.96. The van der Waals surface area contributed by atoms with Crippen LogP contribution in [-0.4, -0.2) is 42.1 Å². The highest BCUT2D eigenvalue weighted by molar-refractivity contribution is 5.92. The average molecular weight is 362 g/mol. The van der Waals surface area contributed by atoms with E-state index in [-0.39, 0.29) is 11.9 Å². The quantitative estimate of drug-likeness (QED) is 0.773. The number of rotatable bonds is 4. The van der Waals surface area contributed by atoms with Gasteiger partial charge >= 0.3 is 0 Å². The third kappa shape index (κ3) is 3.78. The zero-order valence-corrected chi connectivity index (χ0v) is 15.5. The number of aromatic nitrogens is 1. The van der Waals surface area contributed by atoms with E-state index in [0.717, 1.165) is 26.2 Å². The van der Waals surface area contributed by atoms with Gasteiger partial charge in [0.15, 0.2) is 5.69 Å². The number of hydrogen-bond donors (Lipinski definition) is 1. The molecule has 27 heavy (non-hydrogen) atoms. The molecular weight excluding hydrogens is 338 g/mol. The number of carbonyl (C=O) groups excluding carboxylic acids is 1.